The minimum Gasteiger partial charge on any atom is -0.323 e. The Hall–Kier alpha value is -1.46. The van der Waals surface area contributed by atoms with Crippen LogP contribution in [0.1, 0.15) is 5.56 Å². The Bertz CT molecular complexity index is 621. The van der Waals surface area contributed by atoms with E-state index in [1.54, 1.807) is 18.2 Å². The second-order valence-electron chi connectivity index (χ2n) is 3.85. The number of amides is 1. The van der Waals surface area contributed by atoms with Crippen LogP contribution in [0.4, 0.5) is 10.1 Å². The van der Waals surface area contributed by atoms with E-state index in [0.29, 0.717) is 15.7 Å². The van der Waals surface area contributed by atoms with Crippen LogP contribution in [-0.2, 0) is 11.2 Å². The van der Waals surface area contributed by atoms with Gasteiger partial charge < -0.3 is 5.32 Å². The summed E-state index contributed by atoms with van der Waals surface area (Å²) in [5.74, 6) is -0.653. The van der Waals surface area contributed by atoms with Crippen molar-refractivity contribution in [2.24, 2.45) is 0 Å². The van der Waals surface area contributed by atoms with Crippen molar-refractivity contribution in [2.45, 2.75) is 6.42 Å². The Morgan fingerprint density at radius 1 is 1.42 bits per heavy atom. The molecule has 1 aromatic heterocycles. The summed E-state index contributed by atoms with van der Waals surface area (Å²) in [5.41, 5.74) is 1.01. The number of halogens is 3. The van der Waals surface area contributed by atoms with Crippen molar-refractivity contribution >= 4 is 39.1 Å². The molecule has 0 aliphatic rings. The van der Waals surface area contributed by atoms with Gasteiger partial charge in [0.25, 0.3) is 0 Å². The maximum atomic E-state index is 13.0. The Balaban J connectivity index is 2.07. The monoisotopic (exact) mass is 342 g/mol. The Kier molecular flexibility index (Phi) is 4.50. The fraction of sp³-hybridized carbons (Fsp3) is 0.0769. The highest BCUT2D eigenvalue weighted by atomic mass is 79.9. The van der Waals surface area contributed by atoms with Gasteiger partial charge in [0.05, 0.1) is 12.1 Å². The molecule has 2 aromatic rings. The van der Waals surface area contributed by atoms with E-state index >= 15 is 0 Å². The Morgan fingerprint density at radius 2 is 2.21 bits per heavy atom. The first-order chi connectivity index (χ1) is 9.04. The summed E-state index contributed by atoms with van der Waals surface area (Å²) in [6, 6.07) is 7.55. The number of rotatable bonds is 3. The van der Waals surface area contributed by atoms with Crippen molar-refractivity contribution < 1.29 is 9.18 Å². The SMILES string of the molecule is O=C(Cc1cccc(F)c1)Nc1cc(Br)cnc1Cl. The zero-order chi connectivity index (χ0) is 13.8. The lowest BCUT2D eigenvalue weighted by molar-refractivity contribution is -0.115. The fourth-order valence-electron chi connectivity index (χ4n) is 1.54. The molecule has 0 atom stereocenters. The first-order valence-corrected chi connectivity index (χ1v) is 6.57. The fourth-order valence-corrected chi connectivity index (χ4v) is 2.02. The predicted molar refractivity (Wildman–Crippen MR) is 75.7 cm³/mol. The van der Waals surface area contributed by atoms with E-state index in [1.165, 1.54) is 18.3 Å². The molecule has 1 amide bonds. The number of aromatic nitrogens is 1. The van der Waals surface area contributed by atoms with E-state index in [9.17, 15) is 9.18 Å². The van der Waals surface area contributed by atoms with Gasteiger partial charge in [-0.2, -0.15) is 0 Å². The maximum absolute atomic E-state index is 13.0. The van der Waals surface area contributed by atoms with Crippen LogP contribution in [0.25, 0.3) is 0 Å². The molecular weight excluding hydrogens is 335 g/mol. The Morgan fingerprint density at radius 3 is 2.95 bits per heavy atom. The molecular formula is C13H9BrClFN2O. The highest BCUT2D eigenvalue weighted by Crippen LogP contribution is 2.23. The molecule has 98 valence electrons. The number of hydrogen-bond acceptors (Lipinski definition) is 2. The van der Waals surface area contributed by atoms with Gasteiger partial charge in [0.15, 0.2) is 5.15 Å². The Labute approximate surface area is 122 Å². The molecule has 0 radical (unpaired) electrons. The molecule has 0 aliphatic carbocycles. The summed E-state index contributed by atoms with van der Waals surface area (Å²) >= 11 is 9.10. The molecule has 0 bridgehead atoms. The van der Waals surface area contributed by atoms with Crippen LogP contribution in [0.2, 0.25) is 5.15 Å². The highest BCUT2D eigenvalue weighted by Gasteiger charge is 2.08. The quantitative estimate of drug-likeness (QED) is 0.861. The van der Waals surface area contributed by atoms with E-state index < -0.39 is 0 Å². The zero-order valence-electron chi connectivity index (χ0n) is 9.66. The summed E-state index contributed by atoms with van der Waals surface area (Å²) < 4.78 is 13.7. The van der Waals surface area contributed by atoms with E-state index in [2.05, 4.69) is 26.2 Å². The normalized spacial score (nSPS) is 10.3. The molecule has 0 saturated carbocycles. The molecule has 6 heteroatoms. The van der Waals surface area contributed by atoms with Crippen LogP contribution in [0.3, 0.4) is 0 Å². The standard InChI is InChI=1S/C13H9BrClFN2O/c14-9-6-11(13(15)17-7-9)18-12(19)5-8-2-1-3-10(16)4-8/h1-4,6-7H,5H2,(H,18,19). The predicted octanol–water partition coefficient (Wildman–Crippen LogP) is 3.82. The molecule has 2 rings (SSSR count). The van der Waals surface area contributed by atoms with Gasteiger partial charge in [-0.1, -0.05) is 23.7 Å². The number of benzene rings is 1. The van der Waals surface area contributed by atoms with Crippen molar-refractivity contribution in [3.05, 3.63) is 57.5 Å². The van der Waals surface area contributed by atoms with Gasteiger partial charge in [0.1, 0.15) is 5.82 Å². The molecule has 1 aromatic carbocycles. The molecule has 1 heterocycles. The van der Waals surface area contributed by atoms with Crippen LogP contribution < -0.4 is 5.32 Å². The third kappa shape index (κ3) is 4.01. The van der Waals surface area contributed by atoms with Crippen LogP contribution >= 0.6 is 27.5 Å². The van der Waals surface area contributed by atoms with E-state index in [-0.39, 0.29) is 23.3 Å². The van der Waals surface area contributed by atoms with Gasteiger partial charge in [0.2, 0.25) is 5.91 Å². The average molecular weight is 344 g/mol. The second kappa shape index (κ2) is 6.12. The van der Waals surface area contributed by atoms with Gasteiger partial charge in [-0.3, -0.25) is 4.79 Å². The molecule has 0 fully saturated rings. The van der Waals surface area contributed by atoms with Crippen molar-refractivity contribution in [3.63, 3.8) is 0 Å². The topological polar surface area (TPSA) is 42.0 Å². The smallest absolute Gasteiger partial charge is 0.228 e. The molecule has 3 nitrogen and oxygen atoms in total. The first kappa shape index (κ1) is 14.0. The third-order valence-corrected chi connectivity index (χ3v) is 3.07. The molecule has 19 heavy (non-hydrogen) atoms. The lowest BCUT2D eigenvalue weighted by Gasteiger charge is -2.07. The van der Waals surface area contributed by atoms with E-state index in [1.807, 2.05) is 0 Å². The van der Waals surface area contributed by atoms with Gasteiger partial charge in [-0.15, -0.1) is 0 Å². The van der Waals surface area contributed by atoms with Crippen molar-refractivity contribution in [1.82, 2.24) is 4.98 Å². The van der Waals surface area contributed by atoms with Crippen molar-refractivity contribution in [2.75, 3.05) is 5.32 Å². The summed E-state index contributed by atoms with van der Waals surface area (Å²) in [4.78, 5) is 15.7. The maximum Gasteiger partial charge on any atom is 0.228 e. The van der Waals surface area contributed by atoms with Crippen molar-refractivity contribution in [3.8, 4) is 0 Å². The minimum absolute atomic E-state index is 0.0700. The lowest BCUT2D eigenvalue weighted by Crippen LogP contribution is -2.15. The summed E-state index contributed by atoms with van der Waals surface area (Å²) in [6.07, 6.45) is 1.60. The van der Waals surface area contributed by atoms with E-state index in [0.717, 1.165) is 0 Å². The zero-order valence-corrected chi connectivity index (χ0v) is 12.0. The van der Waals surface area contributed by atoms with Gasteiger partial charge in [-0.25, -0.2) is 9.37 Å². The first-order valence-electron chi connectivity index (χ1n) is 5.40. The van der Waals surface area contributed by atoms with Crippen LogP contribution in [0.15, 0.2) is 41.0 Å². The molecule has 0 spiro atoms. The minimum atomic E-state index is -0.368. The molecule has 1 N–H and O–H groups in total. The van der Waals surface area contributed by atoms with Crippen LogP contribution in [0, 0.1) is 5.82 Å². The number of pyridine rings is 1. The van der Waals surface area contributed by atoms with Crippen molar-refractivity contribution in [1.29, 1.82) is 0 Å². The largest absolute Gasteiger partial charge is 0.323 e. The number of nitrogens with zero attached hydrogens (tertiary/aromatic N) is 1. The molecule has 0 unspecified atom stereocenters. The highest BCUT2D eigenvalue weighted by molar-refractivity contribution is 9.10. The summed E-state index contributed by atoms with van der Waals surface area (Å²) in [5, 5.41) is 2.84. The number of nitrogens with one attached hydrogen (secondary N) is 1. The molecule has 0 saturated heterocycles. The van der Waals surface area contributed by atoms with Gasteiger partial charge in [-0.05, 0) is 39.7 Å². The lowest BCUT2D eigenvalue weighted by atomic mass is 10.1. The second-order valence-corrected chi connectivity index (χ2v) is 5.12. The third-order valence-electron chi connectivity index (χ3n) is 2.33. The number of anilines is 1. The van der Waals surface area contributed by atoms with Crippen LogP contribution in [-0.4, -0.2) is 10.9 Å². The number of carbonyl (C=O) groups is 1. The van der Waals surface area contributed by atoms with Gasteiger partial charge in [0, 0.05) is 10.7 Å². The van der Waals surface area contributed by atoms with E-state index in [4.69, 9.17) is 11.6 Å². The van der Waals surface area contributed by atoms with Gasteiger partial charge >= 0.3 is 0 Å². The molecule has 0 aliphatic heterocycles. The number of carbonyl (C=O) groups excluding carboxylic acids is 1. The van der Waals surface area contributed by atoms with Crippen LogP contribution in [0.5, 0.6) is 0 Å². The average Bonchev–Trinajstić information content (AvgIpc) is 2.34. The summed E-state index contributed by atoms with van der Waals surface area (Å²) in [7, 11) is 0. The summed E-state index contributed by atoms with van der Waals surface area (Å²) in [6.45, 7) is 0. The number of hydrogen-bond donors (Lipinski definition) is 1.